The molecular weight excluding hydrogens is 426 g/mol. The third-order valence-corrected chi connectivity index (χ3v) is 6.78. The molecule has 0 saturated carbocycles. The normalized spacial score (nSPS) is 11.9. The van der Waals surface area contributed by atoms with Crippen molar-refractivity contribution < 1.29 is 4.74 Å². The van der Waals surface area contributed by atoms with Crippen molar-refractivity contribution in [3.05, 3.63) is 115 Å². The molecule has 0 spiro atoms. The van der Waals surface area contributed by atoms with E-state index in [9.17, 15) is 0 Å². The molecule has 0 radical (unpaired) electrons. The van der Waals surface area contributed by atoms with E-state index in [1.54, 1.807) is 0 Å². The molecule has 0 amide bonds. The van der Waals surface area contributed by atoms with Gasteiger partial charge in [-0.3, -0.25) is 4.98 Å². The Hall–Kier alpha value is -4.17. The van der Waals surface area contributed by atoms with Crippen molar-refractivity contribution in [1.82, 2.24) is 4.98 Å². The lowest BCUT2D eigenvalue weighted by molar-refractivity contribution is 0.492. The fourth-order valence-corrected chi connectivity index (χ4v) is 4.97. The predicted molar refractivity (Wildman–Crippen MR) is 147 cm³/mol. The van der Waals surface area contributed by atoms with E-state index >= 15 is 0 Å². The van der Waals surface area contributed by atoms with Crippen LogP contribution in [0.25, 0.3) is 43.4 Å². The summed E-state index contributed by atoms with van der Waals surface area (Å²) in [4.78, 5) is 4.52. The molecule has 6 aromatic rings. The van der Waals surface area contributed by atoms with Crippen LogP contribution in [0.4, 0.5) is 0 Å². The van der Waals surface area contributed by atoms with E-state index in [-0.39, 0.29) is 5.41 Å². The van der Waals surface area contributed by atoms with Gasteiger partial charge in [0.05, 0.1) is 0 Å². The predicted octanol–water partition coefficient (Wildman–Crippen LogP) is 9.30. The Morgan fingerprint density at radius 2 is 1.26 bits per heavy atom. The highest BCUT2D eigenvalue weighted by atomic mass is 16.5. The Morgan fingerprint density at radius 1 is 0.600 bits per heavy atom. The molecule has 2 heteroatoms. The molecule has 6 rings (SSSR count). The van der Waals surface area contributed by atoms with Crippen LogP contribution in [0.3, 0.4) is 0 Å². The first-order chi connectivity index (χ1) is 17.0. The van der Waals surface area contributed by atoms with Crippen LogP contribution in [0.15, 0.2) is 109 Å². The summed E-state index contributed by atoms with van der Waals surface area (Å²) < 4.78 is 6.62. The summed E-state index contributed by atoms with van der Waals surface area (Å²) in [5, 5.41) is 6.85. The van der Waals surface area contributed by atoms with Gasteiger partial charge in [0.2, 0.25) is 0 Å². The molecule has 0 bridgehead atoms. The van der Waals surface area contributed by atoms with E-state index in [0.29, 0.717) is 0 Å². The minimum Gasteiger partial charge on any atom is -0.456 e. The first-order valence-electron chi connectivity index (χ1n) is 12.1. The quantitative estimate of drug-likeness (QED) is 0.249. The molecule has 1 heterocycles. The number of fused-ring (bicyclic) bond motifs is 3. The zero-order chi connectivity index (χ0) is 24.0. The number of rotatable bonds is 3. The topological polar surface area (TPSA) is 22.1 Å². The van der Waals surface area contributed by atoms with Crippen molar-refractivity contribution in [2.24, 2.45) is 0 Å². The Labute approximate surface area is 205 Å². The van der Waals surface area contributed by atoms with Crippen LogP contribution < -0.4 is 4.74 Å². The molecule has 170 valence electrons. The van der Waals surface area contributed by atoms with Crippen molar-refractivity contribution in [2.45, 2.75) is 26.2 Å². The summed E-state index contributed by atoms with van der Waals surface area (Å²) in [7, 11) is 0. The number of benzene rings is 5. The summed E-state index contributed by atoms with van der Waals surface area (Å²) in [6, 6.07) is 34.1. The van der Waals surface area contributed by atoms with E-state index in [2.05, 4.69) is 123 Å². The molecule has 0 saturated heterocycles. The van der Waals surface area contributed by atoms with E-state index in [1.807, 2.05) is 12.4 Å². The maximum atomic E-state index is 6.62. The molecule has 2 nitrogen and oxygen atoms in total. The fourth-order valence-electron chi connectivity index (χ4n) is 4.97. The highest BCUT2D eigenvalue weighted by Crippen LogP contribution is 2.45. The van der Waals surface area contributed by atoms with E-state index in [4.69, 9.17) is 4.74 Å². The molecule has 35 heavy (non-hydrogen) atoms. The Balaban J connectivity index is 1.62. The minimum absolute atomic E-state index is 0.101. The molecule has 0 aliphatic rings. The number of ether oxygens (including phenoxy) is 1. The van der Waals surface area contributed by atoms with Crippen molar-refractivity contribution in [3.8, 4) is 22.6 Å². The number of pyridine rings is 1. The van der Waals surface area contributed by atoms with Gasteiger partial charge in [0, 0.05) is 28.6 Å². The lowest BCUT2D eigenvalue weighted by Gasteiger charge is -2.20. The van der Waals surface area contributed by atoms with Crippen LogP contribution in [0.2, 0.25) is 0 Å². The average molecular weight is 454 g/mol. The lowest BCUT2D eigenvalue weighted by atomic mass is 9.87. The first kappa shape index (κ1) is 21.4. The van der Waals surface area contributed by atoms with Gasteiger partial charge in [-0.25, -0.2) is 0 Å². The van der Waals surface area contributed by atoms with Gasteiger partial charge in [-0.2, -0.15) is 0 Å². The van der Waals surface area contributed by atoms with Crippen molar-refractivity contribution >= 4 is 32.3 Å². The zero-order valence-electron chi connectivity index (χ0n) is 20.2. The van der Waals surface area contributed by atoms with Gasteiger partial charge in [0.25, 0.3) is 0 Å². The van der Waals surface area contributed by atoms with E-state index in [0.717, 1.165) is 33.0 Å². The number of hydrogen-bond donors (Lipinski definition) is 0. The fraction of sp³-hybridized carbons (Fsp3) is 0.121. The maximum Gasteiger partial charge on any atom is 0.143 e. The molecule has 0 N–H and O–H groups in total. The molecular formula is C33H27NO. The number of aromatic nitrogens is 1. The van der Waals surface area contributed by atoms with Gasteiger partial charge in [0.15, 0.2) is 0 Å². The van der Waals surface area contributed by atoms with Crippen LogP contribution in [-0.4, -0.2) is 4.98 Å². The van der Waals surface area contributed by atoms with E-state index in [1.165, 1.54) is 27.5 Å². The highest BCUT2D eigenvalue weighted by molar-refractivity contribution is 6.19. The third kappa shape index (κ3) is 3.72. The average Bonchev–Trinajstić information content (AvgIpc) is 2.88. The molecule has 0 atom stereocenters. The number of nitrogens with zero attached hydrogens (tertiary/aromatic N) is 1. The summed E-state index contributed by atoms with van der Waals surface area (Å²) in [5.74, 6) is 1.70. The van der Waals surface area contributed by atoms with Gasteiger partial charge in [-0.15, -0.1) is 0 Å². The molecule has 0 aliphatic carbocycles. The van der Waals surface area contributed by atoms with Gasteiger partial charge in [0.1, 0.15) is 11.5 Å². The smallest absolute Gasteiger partial charge is 0.143 e. The Bertz CT molecular complexity index is 1630. The molecule has 0 fully saturated rings. The minimum atomic E-state index is 0.101. The second-order valence-corrected chi connectivity index (χ2v) is 10.1. The molecule has 0 unspecified atom stereocenters. The van der Waals surface area contributed by atoms with Crippen LogP contribution in [0.5, 0.6) is 11.5 Å². The summed E-state index contributed by atoms with van der Waals surface area (Å²) in [6.07, 6.45) is 3.81. The second kappa shape index (κ2) is 8.25. The largest absolute Gasteiger partial charge is 0.456 e. The zero-order valence-corrected chi connectivity index (χ0v) is 20.2. The molecule has 1 aromatic heterocycles. The first-order valence-corrected chi connectivity index (χ1v) is 12.1. The lowest BCUT2D eigenvalue weighted by Crippen LogP contribution is -2.10. The number of hydrogen-bond acceptors (Lipinski definition) is 2. The van der Waals surface area contributed by atoms with Crippen LogP contribution in [0, 0.1) is 0 Å². The Kier molecular flexibility index (Phi) is 5.04. The summed E-state index contributed by atoms with van der Waals surface area (Å²) in [5.41, 5.74) is 3.79. The third-order valence-electron chi connectivity index (χ3n) is 6.78. The van der Waals surface area contributed by atoms with Crippen LogP contribution in [-0.2, 0) is 5.41 Å². The van der Waals surface area contributed by atoms with Gasteiger partial charge in [-0.1, -0.05) is 99.6 Å². The summed E-state index contributed by atoms with van der Waals surface area (Å²) in [6.45, 7) is 6.68. The summed E-state index contributed by atoms with van der Waals surface area (Å²) >= 11 is 0. The molecule has 0 aliphatic heterocycles. The van der Waals surface area contributed by atoms with E-state index < -0.39 is 0 Å². The SMILES string of the molecule is CC(C)(C)c1ccc(Oc2c3ccccc3c(-c3cccc4ccccc34)c3cnccc23)cc1. The molecule has 5 aromatic carbocycles. The van der Waals surface area contributed by atoms with Crippen LogP contribution >= 0.6 is 0 Å². The van der Waals surface area contributed by atoms with Crippen molar-refractivity contribution in [2.75, 3.05) is 0 Å². The second-order valence-electron chi connectivity index (χ2n) is 10.1. The van der Waals surface area contributed by atoms with Crippen LogP contribution in [0.1, 0.15) is 26.3 Å². The van der Waals surface area contributed by atoms with Crippen molar-refractivity contribution in [3.63, 3.8) is 0 Å². The standard InChI is InChI=1S/C33H27NO/c1-33(2,3)23-15-17-24(18-16-23)35-32-28-13-7-6-12-27(28)31(30-21-34-20-19-29(30)32)26-14-8-10-22-9-4-5-11-25(22)26/h4-21H,1-3H3. The van der Waals surface area contributed by atoms with Gasteiger partial charge < -0.3 is 4.74 Å². The highest BCUT2D eigenvalue weighted by Gasteiger charge is 2.19. The Morgan fingerprint density at radius 3 is 2.03 bits per heavy atom. The maximum absolute atomic E-state index is 6.62. The van der Waals surface area contributed by atoms with Gasteiger partial charge in [-0.05, 0) is 56.5 Å². The monoisotopic (exact) mass is 453 g/mol. The van der Waals surface area contributed by atoms with Crippen molar-refractivity contribution in [1.29, 1.82) is 0 Å². The van der Waals surface area contributed by atoms with Gasteiger partial charge >= 0.3 is 0 Å².